The van der Waals surface area contributed by atoms with E-state index in [0.717, 1.165) is 38.8 Å². The molecule has 0 aromatic carbocycles. The second-order valence-electron chi connectivity index (χ2n) is 6.51. The average molecular weight is 253 g/mol. The first-order valence-electron chi connectivity index (χ1n) is 7.17. The molecule has 2 rings (SSSR count). The lowest BCUT2D eigenvalue weighted by Gasteiger charge is -2.38. The van der Waals surface area contributed by atoms with Gasteiger partial charge in [-0.1, -0.05) is 19.8 Å². The van der Waals surface area contributed by atoms with Crippen molar-refractivity contribution in [1.29, 1.82) is 0 Å². The van der Waals surface area contributed by atoms with Gasteiger partial charge in [-0.3, -0.25) is 4.79 Å². The number of hydrogen-bond donors (Lipinski definition) is 1. The van der Waals surface area contributed by atoms with Gasteiger partial charge in [-0.25, -0.2) is 0 Å². The minimum absolute atomic E-state index is 0.193. The van der Waals surface area contributed by atoms with Crippen LogP contribution in [0, 0.1) is 5.92 Å². The van der Waals surface area contributed by atoms with Crippen LogP contribution < -0.4 is 5.73 Å². The smallest absolute Gasteiger partial charge is 0.242 e. The summed E-state index contributed by atoms with van der Waals surface area (Å²) in [6.07, 6.45) is 5.10. The van der Waals surface area contributed by atoms with E-state index in [4.69, 9.17) is 5.73 Å². The predicted molar refractivity (Wildman–Crippen MR) is 73.2 cm³/mol. The highest BCUT2D eigenvalue weighted by atomic mass is 16.2. The largest absolute Gasteiger partial charge is 0.339 e. The Bertz CT molecular complexity index is 318. The van der Waals surface area contributed by atoms with Gasteiger partial charge in [-0.15, -0.1) is 0 Å². The maximum absolute atomic E-state index is 12.6. The van der Waals surface area contributed by atoms with Gasteiger partial charge in [0, 0.05) is 19.1 Å². The molecule has 0 spiro atoms. The number of likely N-dealkylation sites (tertiary alicyclic amines) is 1. The summed E-state index contributed by atoms with van der Waals surface area (Å²) in [5.41, 5.74) is 5.81. The topological polar surface area (TPSA) is 49.6 Å². The molecule has 0 aromatic rings. The van der Waals surface area contributed by atoms with Gasteiger partial charge in [0.15, 0.2) is 0 Å². The highest BCUT2D eigenvalue weighted by Crippen LogP contribution is 2.32. The molecule has 1 heterocycles. The third-order valence-electron chi connectivity index (χ3n) is 4.64. The number of nitrogens with two attached hydrogens (primary N) is 1. The highest BCUT2D eigenvalue weighted by Gasteiger charge is 2.42. The van der Waals surface area contributed by atoms with Crippen molar-refractivity contribution in [3.05, 3.63) is 0 Å². The molecule has 18 heavy (non-hydrogen) atoms. The second-order valence-corrected chi connectivity index (χ2v) is 6.51. The first kappa shape index (κ1) is 13.8. The molecule has 1 amide bonds. The van der Waals surface area contributed by atoms with E-state index in [-0.39, 0.29) is 5.91 Å². The van der Waals surface area contributed by atoms with Crippen LogP contribution in [0.25, 0.3) is 0 Å². The molecule has 2 N–H and O–H groups in total. The summed E-state index contributed by atoms with van der Waals surface area (Å²) >= 11 is 0. The molecule has 1 aliphatic heterocycles. The molecule has 0 radical (unpaired) electrons. The highest BCUT2D eigenvalue weighted by molar-refractivity contribution is 5.86. The minimum atomic E-state index is -0.584. The van der Waals surface area contributed by atoms with Crippen molar-refractivity contribution in [3.63, 3.8) is 0 Å². The lowest BCUT2D eigenvalue weighted by molar-refractivity contribution is -0.137. The van der Waals surface area contributed by atoms with Crippen LogP contribution in [0.5, 0.6) is 0 Å². The SMILES string of the molecule is CC1CCCC(N)(C(=O)N2CCC(N(C)C)C2)C1. The van der Waals surface area contributed by atoms with Crippen molar-refractivity contribution in [2.45, 2.75) is 50.6 Å². The van der Waals surface area contributed by atoms with E-state index in [2.05, 4.69) is 25.9 Å². The van der Waals surface area contributed by atoms with Crippen LogP contribution in [0.15, 0.2) is 0 Å². The lowest BCUT2D eigenvalue weighted by Crippen LogP contribution is -2.57. The van der Waals surface area contributed by atoms with Crippen LogP contribution >= 0.6 is 0 Å². The molecular weight excluding hydrogens is 226 g/mol. The molecule has 2 fully saturated rings. The van der Waals surface area contributed by atoms with Crippen molar-refractivity contribution in [2.75, 3.05) is 27.2 Å². The lowest BCUT2D eigenvalue weighted by atomic mass is 9.76. The molecule has 1 aliphatic carbocycles. The number of carbonyl (C=O) groups excluding carboxylic acids is 1. The fourth-order valence-electron chi connectivity index (χ4n) is 3.45. The summed E-state index contributed by atoms with van der Waals surface area (Å²) in [4.78, 5) is 16.8. The molecular formula is C14H27N3O. The normalized spacial score (nSPS) is 37.3. The van der Waals surface area contributed by atoms with E-state index in [9.17, 15) is 4.79 Å². The molecule has 2 aliphatic rings. The quantitative estimate of drug-likeness (QED) is 0.800. The number of carbonyl (C=O) groups is 1. The monoisotopic (exact) mass is 253 g/mol. The molecule has 3 unspecified atom stereocenters. The van der Waals surface area contributed by atoms with Crippen LogP contribution in [-0.4, -0.2) is 54.5 Å². The summed E-state index contributed by atoms with van der Waals surface area (Å²) in [6.45, 7) is 3.93. The van der Waals surface area contributed by atoms with Crippen molar-refractivity contribution in [2.24, 2.45) is 11.7 Å². The summed E-state index contributed by atoms with van der Waals surface area (Å²) in [6, 6.07) is 0.499. The number of likely N-dealkylation sites (N-methyl/N-ethyl adjacent to an activating group) is 1. The van der Waals surface area contributed by atoms with E-state index in [1.54, 1.807) is 0 Å². The van der Waals surface area contributed by atoms with Crippen molar-refractivity contribution in [1.82, 2.24) is 9.80 Å². The summed E-state index contributed by atoms with van der Waals surface area (Å²) < 4.78 is 0. The molecule has 4 heteroatoms. The zero-order chi connectivity index (χ0) is 13.3. The summed E-state index contributed by atoms with van der Waals surface area (Å²) in [5.74, 6) is 0.776. The molecule has 3 atom stereocenters. The van der Waals surface area contributed by atoms with E-state index >= 15 is 0 Å². The zero-order valence-corrected chi connectivity index (χ0v) is 12.0. The fraction of sp³-hybridized carbons (Fsp3) is 0.929. The second kappa shape index (κ2) is 5.17. The van der Waals surface area contributed by atoms with Crippen LogP contribution in [0.2, 0.25) is 0 Å². The maximum Gasteiger partial charge on any atom is 0.242 e. The fourth-order valence-corrected chi connectivity index (χ4v) is 3.45. The Kier molecular flexibility index (Phi) is 3.97. The first-order valence-corrected chi connectivity index (χ1v) is 7.17. The molecule has 0 bridgehead atoms. The number of hydrogen-bond acceptors (Lipinski definition) is 3. The van der Waals surface area contributed by atoms with Crippen LogP contribution in [-0.2, 0) is 4.79 Å². The van der Waals surface area contributed by atoms with Gasteiger partial charge >= 0.3 is 0 Å². The Morgan fingerprint density at radius 1 is 1.39 bits per heavy atom. The molecule has 104 valence electrons. The van der Waals surface area contributed by atoms with E-state index < -0.39 is 5.54 Å². The van der Waals surface area contributed by atoms with Crippen molar-refractivity contribution in [3.8, 4) is 0 Å². The molecule has 0 aromatic heterocycles. The Labute approximate surface area is 110 Å². The average Bonchev–Trinajstić information content (AvgIpc) is 2.76. The van der Waals surface area contributed by atoms with Gasteiger partial charge in [-0.2, -0.15) is 0 Å². The number of rotatable bonds is 2. The first-order chi connectivity index (χ1) is 8.42. The van der Waals surface area contributed by atoms with E-state index in [1.165, 1.54) is 6.42 Å². The standard InChI is InChI=1S/C14H27N3O/c1-11-5-4-7-14(15,9-11)13(18)17-8-6-12(10-17)16(2)3/h11-12H,4-10,15H2,1-3H3. The van der Waals surface area contributed by atoms with E-state index in [1.807, 2.05) is 4.90 Å². The zero-order valence-electron chi connectivity index (χ0n) is 12.0. The summed E-state index contributed by atoms with van der Waals surface area (Å²) in [5, 5.41) is 0. The van der Waals surface area contributed by atoms with Gasteiger partial charge in [-0.05, 0) is 39.3 Å². The minimum Gasteiger partial charge on any atom is -0.339 e. The van der Waals surface area contributed by atoms with Crippen LogP contribution in [0.4, 0.5) is 0 Å². The van der Waals surface area contributed by atoms with Crippen LogP contribution in [0.3, 0.4) is 0 Å². The van der Waals surface area contributed by atoms with Gasteiger partial charge in [0.2, 0.25) is 5.91 Å². The van der Waals surface area contributed by atoms with Crippen molar-refractivity contribution >= 4 is 5.91 Å². The van der Waals surface area contributed by atoms with Crippen molar-refractivity contribution < 1.29 is 4.79 Å². The molecule has 1 saturated heterocycles. The summed E-state index contributed by atoms with van der Waals surface area (Å²) in [7, 11) is 4.17. The van der Waals surface area contributed by atoms with Crippen LogP contribution in [0.1, 0.15) is 39.0 Å². The van der Waals surface area contributed by atoms with Gasteiger partial charge in [0.25, 0.3) is 0 Å². The Balaban J connectivity index is 1.99. The Morgan fingerprint density at radius 3 is 2.67 bits per heavy atom. The van der Waals surface area contributed by atoms with E-state index in [0.29, 0.717) is 12.0 Å². The molecule has 4 nitrogen and oxygen atoms in total. The number of nitrogens with zero attached hydrogens (tertiary/aromatic N) is 2. The predicted octanol–water partition coefficient (Wildman–Crippen LogP) is 1.06. The third kappa shape index (κ3) is 2.69. The maximum atomic E-state index is 12.6. The Morgan fingerprint density at radius 2 is 2.11 bits per heavy atom. The number of amides is 1. The third-order valence-corrected chi connectivity index (χ3v) is 4.64. The van der Waals surface area contributed by atoms with Gasteiger partial charge in [0.1, 0.15) is 0 Å². The van der Waals surface area contributed by atoms with Gasteiger partial charge < -0.3 is 15.5 Å². The Hall–Kier alpha value is -0.610. The van der Waals surface area contributed by atoms with Gasteiger partial charge in [0.05, 0.1) is 5.54 Å². The molecule has 1 saturated carbocycles.